The average molecular weight is 373 g/mol. The van der Waals surface area contributed by atoms with E-state index in [1.165, 1.54) is 44.9 Å². The fraction of sp³-hybridized carbons (Fsp3) is 0.789. The Kier molecular flexibility index (Phi) is 13.9. The smallest absolute Gasteiger partial charge is 0.352 e. The van der Waals surface area contributed by atoms with E-state index in [4.69, 9.17) is 13.0 Å². The van der Waals surface area contributed by atoms with Gasteiger partial charge in [-0.05, 0) is 25.9 Å². The summed E-state index contributed by atoms with van der Waals surface area (Å²) >= 11 is 0. The average Bonchev–Trinajstić information content (AvgIpc) is 2.58. The summed E-state index contributed by atoms with van der Waals surface area (Å²) in [5.41, 5.74) is 3.74. The Morgan fingerprint density at radius 1 is 0.667 bits per heavy atom. The van der Waals surface area contributed by atoms with Crippen molar-refractivity contribution >= 4 is 17.1 Å². The molecule has 2 atom stereocenters. The molecule has 0 amide bonds. The van der Waals surface area contributed by atoms with Crippen LogP contribution in [0.3, 0.4) is 0 Å². The van der Waals surface area contributed by atoms with E-state index in [1.54, 1.807) is 0 Å². The van der Waals surface area contributed by atoms with Gasteiger partial charge in [0.2, 0.25) is 0 Å². The maximum absolute atomic E-state index is 6.36. The molecule has 0 saturated carbocycles. The van der Waals surface area contributed by atoms with Crippen LogP contribution in [0.25, 0.3) is 0 Å². The molecule has 24 heavy (non-hydrogen) atoms. The van der Waals surface area contributed by atoms with Crippen molar-refractivity contribution in [2.75, 3.05) is 13.2 Å². The molecule has 3 nitrogen and oxygen atoms in total. The van der Waals surface area contributed by atoms with Gasteiger partial charge in [-0.25, -0.2) is 0 Å². The highest BCUT2D eigenvalue weighted by Gasteiger charge is 2.39. The SMILES string of the molecule is C=C[Si](C)(OCCCCCC)O[Si](C)(C=C)OCCCCCCC. The van der Waals surface area contributed by atoms with Crippen molar-refractivity contribution in [2.45, 2.75) is 84.7 Å². The predicted molar refractivity (Wildman–Crippen MR) is 110 cm³/mol. The minimum Gasteiger partial charge on any atom is -0.409 e. The largest absolute Gasteiger partial charge is 0.409 e. The Bertz CT molecular complexity index is 339. The minimum atomic E-state index is -2.39. The highest BCUT2D eigenvalue weighted by Crippen LogP contribution is 2.20. The van der Waals surface area contributed by atoms with E-state index in [1.807, 2.05) is 11.4 Å². The van der Waals surface area contributed by atoms with Crippen molar-refractivity contribution in [1.82, 2.24) is 0 Å². The lowest BCUT2D eigenvalue weighted by molar-refractivity contribution is 0.197. The molecular formula is C19H40O3Si2. The first-order valence-electron chi connectivity index (χ1n) is 9.70. The second-order valence-corrected chi connectivity index (χ2v) is 13.0. The maximum Gasteiger partial charge on any atom is 0.352 e. The van der Waals surface area contributed by atoms with E-state index in [-0.39, 0.29) is 0 Å². The Balaban J connectivity index is 4.28. The van der Waals surface area contributed by atoms with Gasteiger partial charge in [0.1, 0.15) is 0 Å². The quantitative estimate of drug-likeness (QED) is 0.225. The monoisotopic (exact) mass is 372 g/mol. The summed E-state index contributed by atoms with van der Waals surface area (Å²) < 4.78 is 18.6. The van der Waals surface area contributed by atoms with E-state index < -0.39 is 17.1 Å². The van der Waals surface area contributed by atoms with Crippen LogP contribution in [0.1, 0.15) is 71.6 Å². The topological polar surface area (TPSA) is 27.7 Å². The Labute approximate surface area is 153 Å². The zero-order chi connectivity index (χ0) is 18.3. The minimum absolute atomic E-state index is 0.743. The van der Waals surface area contributed by atoms with Crippen LogP contribution in [0.5, 0.6) is 0 Å². The molecule has 2 unspecified atom stereocenters. The van der Waals surface area contributed by atoms with Gasteiger partial charge in [-0.2, -0.15) is 0 Å². The third kappa shape index (κ3) is 11.4. The van der Waals surface area contributed by atoms with E-state index in [0.29, 0.717) is 0 Å². The molecule has 0 fully saturated rings. The summed E-state index contributed by atoms with van der Waals surface area (Å²) in [5, 5.41) is 0. The third-order valence-electron chi connectivity index (χ3n) is 4.17. The first-order valence-corrected chi connectivity index (χ1v) is 14.5. The highest BCUT2D eigenvalue weighted by molar-refractivity contribution is 6.84. The maximum atomic E-state index is 6.36. The van der Waals surface area contributed by atoms with E-state index in [9.17, 15) is 0 Å². The predicted octanol–water partition coefficient (Wildman–Crippen LogP) is 6.18. The molecule has 0 aliphatic carbocycles. The second kappa shape index (κ2) is 14.0. The fourth-order valence-corrected chi connectivity index (χ4v) is 8.14. The fourth-order valence-electron chi connectivity index (χ4n) is 2.45. The number of hydrogen-bond acceptors (Lipinski definition) is 3. The van der Waals surface area contributed by atoms with Crippen molar-refractivity contribution in [3.63, 3.8) is 0 Å². The summed E-state index contributed by atoms with van der Waals surface area (Å²) in [4.78, 5) is 0. The van der Waals surface area contributed by atoms with E-state index >= 15 is 0 Å². The zero-order valence-electron chi connectivity index (χ0n) is 16.6. The lowest BCUT2D eigenvalue weighted by atomic mass is 10.2. The Morgan fingerprint density at radius 2 is 1.04 bits per heavy atom. The van der Waals surface area contributed by atoms with Crippen LogP contribution in [-0.2, 0) is 13.0 Å². The number of rotatable bonds is 17. The van der Waals surface area contributed by atoms with Gasteiger partial charge in [-0.3, -0.25) is 0 Å². The molecule has 0 radical (unpaired) electrons. The molecule has 5 heteroatoms. The molecule has 0 rings (SSSR count). The molecule has 142 valence electrons. The normalized spacial score (nSPS) is 16.3. The van der Waals surface area contributed by atoms with Crippen LogP contribution in [0.4, 0.5) is 0 Å². The molecule has 0 heterocycles. The summed E-state index contributed by atoms with van der Waals surface area (Å²) in [5.74, 6) is 0. The van der Waals surface area contributed by atoms with Gasteiger partial charge in [0.25, 0.3) is 0 Å². The van der Waals surface area contributed by atoms with Gasteiger partial charge in [-0.1, -0.05) is 70.2 Å². The van der Waals surface area contributed by atoms with Crippen LogP contribution in [0.2, 0.25) is 13.1 Å². The first kappa shape index (κ1) is 23.8. The summed E-state index contributed by atoms with van der Waals surface area (Å²) in [7, 11) is -4.79. The number of unbranched alkanes of at least 4 members (excludes halogenated alkanes) is 7. The van der Waals surface area contributed by atoms with Gasteiger partial charge in [-0.15, -0.1) is 13.2 Å². The van der Waals surface area contributed by atoms with Crippen molar-refractivity contribution in [1.29, 1.82) is 0 Å². The molecule has 0 aromatic heterocycles. The summed E-state index contributed by atoms with van der Waals surface area (Å²) in [6, 6.07) is 0. The molecule has 0 N–H and O–H groups in total. The molecular weight excluding hydrogens is 332 g/mol. The van der Waals surface area contributed by atoms with Crippen molar-refractivity contribution in [2.24, 2.45) is 0 Å². The first-order chi connectivity index (χ1) is 11.4. The molecule has 0 saturated heterocycles. The summed E-state index contributed by atoms with van der Waals surface area (Å²) in [6.07, 6.45) is 11.0. The van der Waals surface area contributed by atoms with Crippen molar-refractivity contribution < 1.29 is 13.0 Å². The van der Waals surface area contributed by atoms with E-state index in [0.717, 1.165) is 26.1 Å². The number of hydrogen-bond donors (Lipinski definition) is 0. The molecule has 0 aromatic carbocycles. The van der Waals surface area contributed by atoms with Crippen LogP contribution in [-0.4, -0.2) is 30.3 Å². The summed E-state index contributed by atoms with van der Waals surface area (Å²) in [6.45, 7) is 17.9. The third-order valence-corrected chi connectivity index (χ3v) is 10.5. The van der Waals surface area contributed by atoms with Gasteiger partial charge in [0.05, 0.1) is 0 Å². The van der Waals surface area contributed by atoms with Gasteiger partial charge in [0.15, 0.2) is 0 Å². The lowest BCUT2D eigenvalue weighted by Crippen LogP contribution is -2.50. The second-order valence-electron chi connectivity index (χ2n) is 6.71. The molecule has 0 spiro atoms. The van der Waals surface area contributed by atoms with Crippen LogP contribution in [0, 0.1) is 0 Å². The van der Waals surface area contributed by atoms with Crippen LogP contribution < -0.4 is 0 Å². The molecule has 0 aliphatic heterocycles. The standard InChI is InChI=1S/C19H40O3Si2/c1-7-11-13-15-17-19-21-24(6,10-4)22-23(5,9-3)20-18-16-14-12-8-2/h9-10H,3-4,7-8,11-19H2,1-2,5-6H3. The van der Waals surface area contributed by atoms with Gasteiger partial charge in [0, 0.05) is 13.2 Å². The highest BCUT2D eigenvalue weighted by atomic mass is 28.5. The van der Waals surface area contributed by atoms with E-state index in [2.05, 4.69) is 40.1 Å². The zero-order valence-corrected chi connectivity index (χ0v) is 18.6. The Morgan fingerprint density at radius 3 is 1.42 bits per heavy atom. The van der Waals surface area contributed by atoms with Gasteiger partial charge < -0.3 is 13.0 Å². The molecule has 0 aliphatic rings. The molecule has 0 bridgehead atoms. The lowest BCUT2D eigenvalue weighted by Gasteiger charge is -2.33. The van der Waals surface area contributed by atoms with Crippen molar-refractivity contribution in [3.8, 4) is 0 Å². The van der Waals surface area contributed by atoms with Crippen LogP contribution >= 0.6 is 0 Å². The van der Waals surface area contributed by atoms with Crippen LogP contribution in [0.15, 0.2) is 24.6 Å². The Hall–Kier alpha value is -0.206. The van der Waals surface area contributed by atoms with Crippen molar-refractivity contribution in [3.05, 3.63) is 24.6 Å². The van der Waals surface area contributed by atoms with Gasteiger partial charge >= 0.3 is 17.1 Å². The molecule has 0 aromatic rings.